The number of nitrogens with zero attached hydrogens (tertiary/aromatic N) is 1. The predicted octanol–water partition coefficient (Wildman–Crippen LogP) is 1.11. The molecule has 1 rings (SSSR count). The molecule has 1 aromatic rings. The Kier molecular flexibility index (Phi) is 2.38. The lowest BCUT2D eigenvalue weighted by Crippen LogP contribution is -2.15. The van der Waals surface area contributed by atoms with Crippen molar-refractivity contribution in [1.29, 1.82) is 5.41 Å². The van der Waals surface area contributed by atoms with Crippen molar-refractivity contribution < 1.29 is 4.39 Å². The van der Waals surface area contributed by atoms with Gasteiger partial charge in [-0.15, -0.1) is 0 Å². The predicted molar refractivity (Wildman–Crippen MR) is 47.9 cm³/mol. The Morgan fingerprint density at radius 3 is 2.82 bits per heavy atom. The molecule has 0 bridgehead atoms. The van der Waals surface area contributed by atoms with E-state index in [-0.39, 0.29) is 5.84 Å². The highest BCUT2D eigenvalue weighted by Crippen LogP contribution is 2.09. The quantitative estimate of drug-likeness (QED) is 0.454. The first-order valence-corrected chi connectivity index (χ1v) is 3.84. The van der Waals surface area contributed by atoms with Crippen LogP contribution in [0.25, 0.3) is 0 Å². The number of rotatable bonds is 1. The summed E-state index contributed by atoms with van der Waals surface area (Å²) in [4.78, 5) is 3.65. The van der Waals surface area contributed by atoms with Gasteiger partial charge in [-0.3, -0.25) is 5.41 Å². The molecule has 0 radical (unpaired) electrons. The third kappa shape index (κ3) is 1.86. The molecule has 0 aliphatic carbocycles. The minimum atomic E-state index is -0.417. The first-order chi connectivity index (χ1) is 5.11. The maximum atomic E-state index is 12.4. The molecule has 0 saturated carbocycles. The van der Waals surface area contributed by atoms with E-state index in [4.69, 9.17) is 11.1 Å². The van der Waals surface area contributed by atoms with E-state index in [1.165, 1.54) is 6.07 Å². The van der Waals surface area contributed by atoms with Crippen LogP contribution in [0.4, 0.5) is 4.39 Å². The lowest BCUT2D eigenvalue weighted by Gasteiger charge is -1.98. The molecule has 3 nitrogen and oxygen atoms in total. The fourth-order valence-electron chi connectivity index (χ4n) is 0.613. The van der Waals surface area contributed by atoms with Gasteiger partial charge in [0.15, 0.2) is 0 Å². The third-order valence-corrected chi connectivity index (χ3v) is 1.89. The van der Waals surface area contributed by atoms with Crippen molar-refractivity contribution in [3.63, 3.8) is 0 Å². The Morgan fingerprint density at radius 1 is 1.73 bits per heavy atom. The van der Waals surface area contributed by atoms with Crippen LogP contribution in [0.2, 0.25) is 0 Å². The number of aromatic nitrogens is 1. The van der Waals surface area contributed by atoms with E-state index in [0.717, 1.165) is 6.20 Å². The van der Waals surface area contributed by atoms with Gasteiger partial charge in [0, 0.05) is 3.57 Å². The summed E-state index contributed by atoms with van der Waals surface area (Å²) in [7, 11) is 0. The van der Waals surface area contributed by atoms with Crippen molar-refractivity contribution in [3.8, 4) is 0 Å². The van der Waals surface area contributed by atoms with E-state index in [1.807, 2.05) is 22.6 Å². The van der Waals surface area contributed by atoms with Gasteiger partial charge in [0.1, 0.15) is 17.3 Å². The molecule has 58 valence electrons. The Labute approximate surface area is 76.5 Å². The minimum Gasteiger partial charge on any atom is -0.382 e. The number of halogens is 2. The van der Waals surface area contributed by atoms with E-state index in [1.54, 1.807) is 0 Å². The Bertz CT molecular complexity index is 300. The highest BCUT2D eigenvalue weighted by atomic mass is 127. The summed E-state index contributed by atoms with van der Waals surface area (Å²) >= 11 is 1.88. The van der Waals surface area contributed by atoms with E-state index in [2.05, 4.69) is 4.98 Å². The summed E-state index contributed by atoms with van der Waals surface area (Å²) in [5.41, 5.74) is 5.48. The smallest absolute Gasteiger partial charge is 0.142 e. The maximum absolute atomic E-state index is 12.4. The molecule has 1 heterocycles. The van der Waals surface area contributed by atoms with Crippen LogP contribution in [0.15, 0.2) is 12.3 Å². The highest BCUT2D eigenvalue weighted by Gasteiger charge is 2.04. The zero-order chi connectivity index (χ0) is 8.43. The molecule has 0 atom stereocenters. The average Bonchev–Trinajstić information content (AvgIpc) is 1.85. The summed E-state index contributed by atoms with van der Waals surface area (Å²) < 4.78 is 13.0. The monoisotopic (exact) mass is 265 g/mol. The van der Waals surface area contributed by atoms with Crippen molar-refractivity contribution in [1.82, 2.24) is 4.98 Å². The van der Waals surface area contributed by atoms with Crippen LogP contribution in [0.1, 0.15) is 5.69 Å². The summed E-state index contributed by atoms with van der Waals surface area (Å²) in [6.07, 6.45) is 1.04. The van der Waals surface area contributed by atoms with Crippen LogP contribution >= 0.6 is 22.6 Å². The number of nitrogens with two attached hydrogens (primary N) is 1. The molecule has 1 aromatic heterocycles. The standard InChI is InChI=1S/C6H5FIN3/c7-3-1-4(8)5(6(9)10)11-2-3/h1-2H,(H3,9,10). The molecule has 3 N–H and O–H groups in total. The van der Waals surface area contributed by atoms with Gasteiger partial charge < -0.3 is 5.73 Å². The Hall–Kier alpha value is -0.720. The molecule has 0 amide bonds. The normalized spacial score (nSPS) is 9.64. The van der Waals surface area contributed by atoms with Gasteiger partial charge in [0.25, 0.3) is 0 Å². The fourth-order valence-corrected chi connectivity index (χ4v) is 1.34. The zero-order valence-electron chi connectivity index (χ0n) is 5.44. The number of hydrogen-bond acceptors (Lipinski definition) is 2. The molecule has 0 aliphatic rings. The van der Waals surface area contributed by atoms with Gasteiger partial charge >= 0.3 is 0 Å². The van der Waals surface area contributed by atoms with Gasteiger partial charge in [-0.1, -0.05) is 0 Å². The van der Waals surface area contributed by atoms with Crippen LogP contribution < -0.4 is 5.73 Å². The Balaban J connectivity index is 3.20. The molecular weight excluding hydrogens is 260 g/mol. The average molecular weight is 265 g/mol. The van der Waals surface area contributed by atoms with Crippen LogP contribution in [-0.4, -0.2) is 10.8 Å². The van der Waals surface area contributed by atoms with Crippen molar-refractivity contribution in [2.45, 2.75) is 0 Å². The van der Waals surface area contributed by atoms with Crippen molar-refractivity contribution in [2.75, 3.05) is 0 Å². The van der Waals surface area contributed by atoms with Crippen LogP contribution in [-0.2, 0) is 0 Å². The second kappa shape index (κ2) is 3.12. The largest absolute Gasteiger partial charge is 0.382 e. The van der Waals surface area contributed by atoms with Gasteiger partial charge in [-0.2, -0.15) is 0 Å². The van der Waals surface area contributed by atoms with Gasteiger partial charge in [0.2, 0.25) is 0 Å². The molecule has 11 heavy (non-hydrogen) atoms. The highest BCUT2D eigenvalue weighted by molar-refractivity contribution is 14.1. The number of pyridine rings is 1. The minimum absolute atomic E-state index is 0.144. The van der Waals surface area contributed by atoms with Gasteiger partial charge in [0.05, 0.1) is 6.20 Å². The molecular formula is C6H5FIN3. The SMILES string of the molecule is N=C(N)c1ncc(F)cc1I. The molecule has 0 fully saturated rings. The second-order valence-corrected chi connectivity index (χ2v) is 3.06. The van der Waals surface area contributed by atoms with Crippen molar-refractivity contribution in [3.05, 3.63) is 27.3 Å². The van der Waals surface area contributed by atoms with Crippen LogP contribution in [0.5, 0.6) is 0 Å². The van der Waals surface area contributed by atoms with Gasteiger partial charge in [-0.25, -0.2) is 9.37 Å². The molecule has 5 heteroatoms. The lowest BCUT2D eigenvalue weighted by molar-refractivity contribution is 0.620. The topological polar surface area (TPSA) is 62.8 Å². The van der Waals surface area contributed by atoms with Crippen LogP contribution in [0, 0.1) is 14.8 Å². The molecule has 0 saturated heterocycles. The lowest BCUT2D eigenvalue weighted by atomic mass is 10.3. The van der Waals surface area contributed by atoms with Crippen molar-refractivity contribution in [2.24, 2.45) is 5.73 Å². The summed E-state index contributed by atoms with van der Waals surface area (Å²) in [6, 6.07) is 1.28. The molecule has 0 aromatic carbocycles. The number of amidine groups is 1. The van der Waals surface area contributed by atoms with Crippen molar-refractivity contribution >= 4 is 28.4 Å². The number of hydrogen-bond donors (Lipinski definition) is 2. The zero-order valence-corrected chi connectivity index (χ0v) is 7.59. The van der Waals surface area contributed by atoms with E-state index in [9.17, 15) is 4.39 Å². The molecule has 0 spiro atoms. The van der Waals surface area contributed by atoms with Crippen LogP contribution in [0.3, 0.4) is 0 Å². The summed E-state index contributed by atoms with van der Waals surface area (Å²) in [6.45, 7) is 0. The maximum Gasteiger partial charge on any atom is 0.142 e. The third-order valence-electron chi connectivity index (χ3n) is 1.06. The molecule has 0 unspecified atom stereocenters. The van der Waals surface area contributed by atoms with E-state index < -0.39 is 5.82 Å². The Morgan fingerprint density at radius 2 is 2.36 bits per heavy atom. The number of nitrogens with one attached hydrogen (secondary N) is 1. The molecule has 0 aliphatic heterocycles. The first kappa shape index (κ1) is 8.38. The van der Waals surface area contributed by atoms with E-state index >= 15 is 0 Å². The first-order valence-electron chi connectivity index (χ1n) is 2.76. The number of nitrogen functional groups attached to an aromatic ring is 1. The summed E-state index contributed by atoms with van der Waals surface area (Å²) in [5, 5.41) is 7.03. The fraction of sp³-hybridized carbons (Fsp3) is 0. The summed E-state index contributed by atoms with van der Waals surface area (Å²) in [5.74, 6) is -0.561. The van der Waals surface area contributed by atoms with Gasteiger partial charge in [-0.05, 0) is 28.7 Å². The second-order valence-electron chi connectivity index (χ2n) is 1.90. The van der Waals surface area contributed by atoms with E-state index in [0.29, 0.717) is 9.26 Å².